The van der Waals surface area contributed by atoms with Crippen LogP contribution in [0.15, 0.2) is 221 Å². The van der Waals surface area contributed by atoms with Crippen LogP contribution in [0.25, 0.3) is 60.3 Å². The van der Waals surface area contributed by atoms with E-state index in [0.717, 1.165) is 62.7 Å². The monoisotopic (exact) mass is 890 g/mol. The maximum atomic E-state index is 7.20. The molecule has 8 aromatic rings. The summed E-state index contributed by atoms with van der Waals surface area (Å²) in [6.45, 7) is 4.79. The van der Waals surface area contributed by atoms with Gasteiger partial charge in [0.25, 0.3) is 0 Å². The van der Waals surface area contributed by atoms with Crippen LogP contribution in [0.2, 0.25) is 0 Å². The van der Waals surface area contributed by atoms with Crippen molar-refractivity contribution in [3.8, 4) is 22.3 Å². The standard InChI is InChI=1S/C68H58O/c1-68(2)62-27-13-12-22-57(62)58-36-33-50(43-63(58)68)54(48-30-28-47(29-31-48)44-16-6-3-7-17-44)35-32-49-34-38-64-66-56(49)23-14-25-60(66)61-26-15-24-59-55(37-39-65(69-64)67(59)61)53-41-51(45-18-8-4-9-19-45)40-52(42-53)46-20-10-5-11-21-46/h3-4,6-10,12-18,20-31,33-34,36,38,40,42-43,45,51,54H,5,11,19,32,35,37,39,41H2,1-2H3. The van der Waals surface area contributed by atoms with E-state index in [1.165, 1.54) is 105 Å². The molecule has 0 amide bonds. The van der Waals surface area contributed by atoms with E-state index in [2.05, 4.69) is 214 Å². The molecule has 0 aliphatic heterocycles. The van der Waals surface area contributed by atoms with Crippen molar-refractivity contribution in [3.05, 3.63) is 256 Å². The van der Waals surface area contributed by atoms with Gasteiger partial charge in [-0.3, -0.25) is 0 Å². The maximum Gasteiger partial charge on any atom is 0.135 e. The Bertz CT molecular complexity index is 3630. The number of allylic oxidation sites excluding steroid dienone is 12. The lowest BCUT2D eigenvalue weighted by Crippen LogP contribution is -2.21. The van der Waals surface area contributed by atoms with Gasteiger partial charge in [-0.25, -0.2) is 0 Å². The van der Waals surface area contributed by atoms with Crippen LogP contribution in [0.5, 0.6) is 0 Å². The van der Waals surface area contributed by atoms with E-state index < -0.39 is 0 Å². The second-order valence-corrected chi connectivity index (χ2v) is 20.7. The lowest BCUT2D eigenvalue weighted by Gasteiger charge is -2.30. The number of aryl methyl sites for hydroxylation is 2. The summed E-state index contributed by atoms with van der Waals surface area (Å²) < 4.78 is 7.20. The van der Waals surface area contributed by atoms with E-state index in [4.69, 9.17) is 4.42 Å². The van der Waals surface area contributed by atoms with Crippen molar-refractivity contribution in [3.63, 3.8) is 0 Å². The zero-order chi connectivity index (χ0) is 46.1. The molecule has 3 atom stereocenters. The molecule has 0 saturated heterocycles. The Hall–Kier alpha value is -7.22. The molecule has 0 bridgehead atoms. The third kappa shape index (κ3) is 7.29. The van der Waals surface area contributed by atoms with Crippen molar-refractivity contribution in [1.82, 2.24) is 0 Å². The number of fused-ring (bicyclic) bond motifs is 4. The lowest BCUT2D eigenvalue weighted by molar-refractivity contribution is 0.469. The number of rotatable bonds is 9. The summed E-state index contributed by atoms with van der Waals surface area (Å²) in [5.41, 5.74) is 18.9. The third-order valence-electron chi connectivity index (χ3n) is 16.5. The fourth-order valence-corrected chi connectivity index (χ4v) is 12.9. The molecule has 0 spiro atoms. The first-order chi connectivity index (χ1) is 34.0. The van der Waals surface area contributed by atoms with E-state index in [-0.39, 0.29) is 11.3 Å². The van der Waals surface area contributed by atoms with Gasteiger partial charge in [-0.2, -0.15) is 0 Å². The van der Waals surface area contributed by atoms with Gasteiger partial charge in [-0.15, -0.1) is 0 Å². The summed E-state index contributed by atoms with van der Waals surface area (Å²) in [5, 5.41) is 7.74. The predicted octanol–water partition coefficient (Wildman–Crippen LogP) is 17.1. The van der Waals surface area contributed by atoms with Gasteiger partial charge in [0.1, 0.15) is 11.3 Å². The van der Waals surface area contributed by atoms with Crippen LogP contribution in [0.3, 0.4) is 0 Å². The van der Waals surface area contributed by atoms with Gasteiger partial charge in [-0.05, 0) is 157 Å². The van der Waals surface area contributed by atoms with Gasteiger partial charge in [0, 0.05) is 28.5 Å². The average molecular weight is 891 g/mol. The fraction of sp³-hybridized carbons (Fsp3) is 0.206. The summed E-state index contributed by atoms with van der Waals surface area (Å²) in [4.78, 5) is 0. The second kappa shape index (κ2) is 17.1. The fourth-order valence-electron chi connectivity index (χ4n) is 12.9. The lowest BCUT2D eigenvalue weighted by atomic mass is 9.74. The molecule has 1 heterocycles. The van der Waals surface area contributed by atoms with Crippen LogP contribution >= 0.6 is 0 Å². The summed E-state index contributed by atoms with van der Waals surface area (Å²) in [5.74, 6) is 2.30. The zero-order valence-corrected chi connectivity index (χ0v) is 39.8. The molecule has 0 fully saturated rings. The Kier molecular flexibility index (Phi) is 10.4. The zero-order valence-electron chi connectivity index (χ0n) is 39.8. The third-order valence-corrected chi connectivity index (χ3v) is 16.5. The molecule has 13 rings (SSSR count). The minimum absolute atomic E-state index is 0.0607. The molecule has 0 radical (unpaired) electrons. The molecule has 7 aromatic carbocycles. The highest BCUT2D eigenvalue weighted by Crippen LogP contribution is 2.50. The van der Waals surface area contributed by atoms with Crippen molar-refractivity contribution in [2.45, 2.75) is 76.5 Å². The number of hydrogen-bond acceptors (Lipinski definition) is 1. The Morgan fingerprint density at radius 3 is 2.25 bits per heavy atom. The average Bonchev–Trinajstić information content (AvgIpc) is 3.54. The highest BCUT2D eigenvalue weighted by Gasteiger charge is 2.36. The Morgan fingerprint density at radius 2 is 1.41 bits per heavy atom. The van der Waals surface area contributed by atoms with Crippen molar-refractivity contribution >= 4 is 38.1 Å². The van der Waals surface area contributed by atoms with Gasteiger partial charge in [-0.1, -0.05) is 208 Å². The largest absolute Gasteiger partial charge is 0.460 e. The van der Waals surface area contributed by atoms with Crippen LogP contribution in [0, 0.1) is 11.8 Å². The van der Waals surface area contributed by atoms with E-state index in [1.807, 2.05) is 0 Å². The van der Waals surface area contributed by atoms with Gasteiger partial charge in [0.15, 0.2) is 0 Å². The first-order valence-electron chi connectivity index (χ1n) is 25.6. The molecule has 5 aliphatic carbocycles. The van der Waals surface area contributed by atoms with E-state index in [9.17, 15) is 0 Å². The second-order valence-electron chi connectivity index (χ2n) is 20.7. The smallest absolute Gasteiger partial charge is 0.135 e. The minimum atomic E-state index is -0.0607. The highest BCUT2D eigenvalue weighted by molar-refractivity contribution is 6.18. The van der Waals surface area contributed by atoms with Crippen LogP contribution in [-0.2, 0) is 18.3 Å². The van der Waals surface area contributed by atoms with E-state index in [0.29, 0.717) is 11.8 Å². The molecule has 1 nitrogen and oxygen atoms in total. The molecule has 3 unspecified atom stereocenters. The summed E-state index contributed by atoms with van der Waals surface area (Å²) >= 11 is 0. The van der Waals surface area contributed by atoms with Crippen molar-refractivity contribution in [1.29, 1.82) is 0 Å². The van der Waals surface area contributed by atoms with Gasteiger partial charge in [0.05, 0.1) is 0 Å². The first kappa shape index (κ1) is 41.9. The van der Waals surface area contributed by atoms with Crippen LogP contribution in [0.1, 0.15) is 91.9 Å². The molecule has 0 saturated carbocycles. The van der Waals surface area contributed by atoms with E-state index >= 15 is 0 Å². The summed E-state index contributed by atoms with van der Waals surface area (Å²) in [6.07, 6.45) is 29.7. The summed E-state index contributed by atoms with van der Waals surface area (Å²) in [7, 11) is 0. The van der Waals surface area contributed by atoms with Gasteiger partial charge >= 0.3 is 0 Å². The number of benzene rings is 7. The topological polar surface area (TPSA) is 13.1 Å². The highest BCUT2D eigenvalue weighted by atomic mass is 16.3. The Balaban J connectivity index is 0.905. The first-order valence-corrected chi connectivity index (χ1v) is 25.6. The predicted molar refractivity (Wildman–Crippen MR) is 290 cm³/mol. The van der Waals surface area contributed by atoms with Crippen molar-refractivity contribution in [2.24, 2.45) is 11.8 Å². The Labute approximate surface area is 407 Å². The van der Waals surface area contributed by atoms with Crippen molar-refractivity contribution in [2.75, 3.05) is 0 Å². The maximum absolute atomic E-state index is 7.20. The normalized spacial score (nSPS) is 19.3. The van der Waals surface area contributed by atoms with E-state index in [1.54, 1.807) is 0 Å². The molecular weight excluding hydrogens is 833 g/mol. The van der Waals surface area contributed by atoms with Crippen LogP contribution in [-0.4, -0.2) is 0 Å². The molecule has 336 valence electrons. The van der Waals surface area contributed by atoms with Gasteiger partial charge < -0.3 is 4.42 Å². The Morgan fingerprint density at radius 1 is 0.623 bits per heavy atom. The van der Waals surface area contributed by atoms with Gasteiger partial charge in [0.2, 0.25) is 0 Å². The quantitative estimate of drug-likeness (QED) is 0.141. The molecule has 69 heavy (non-hydrogen) atoms. The number of hydrogen-bond donors (Lipinski definition) is 0. The minimum Gasteiger partial charge on any atom is -0.460 e. The molecule has 1 heteroatoms. The van der Waals surface area contributed by atoms with Crippen LogP contribution in [0.4, 0.5) is 0 Å². The molecular formula is C68H58O. The molecule has 0 N–H and O–H groups in total. The molecule has 1 aromatic heterocycles. The molecule has 5 aliphatic rings. The SMILES string of the molecule is CC1(C)c2ccccc2-c2ccc(C(CCc3ccc4oc5c6c(cccc6c6cccc3c46)=C(C3=CC(C4=CCCC=C4)=CC(C4C=CC=CC4)C3)CC5)c3ccc(-c4ccccc4)cc3)cc21. The van der Waals surface area contributed by atoms with Crippen molar-refractivity contribution < 1.29 is 4.42 Å². The van der Waals surface area contributed by atoms with Crippen LogP contribution < -0.4 is 5.22 Å². The summed E-state index contributed by atoms with van der Waals surface area (Å²) in [6, 6.07) is 55.1.